The zero-order valence-corrected chi connectivity index (χ0v) is 7.49. The van der Waals surface area contributed by atoms with Crippen LogP contribution in [-0.2, 0) is 0 Å². The fourth-order valence-electron chi connectivity index (χ4n) is 1.51. The molecule has 14 heavy (non-hydrogen) atoms. The Morgan fingerprint density at radius 2 is 1.50 bits per heavy atom. The summed E-state index contributed by atoms with van der Waals surface area (Å²) in [7, 11) is 0. The molecule has 1 heterocycles. The lowest BCUT2D eigenvalue weighted by Gasteiger charge is -2.29. The van der Waals surface area contributed by atoms with E-state index in [2.05, 4.69) is 16.0 Å². The van der Waals surface area contributed by atoms with Crippen LogP contribution in [0, 0.1) is 0 Å². The minimum absolute atomic E-state index is 0.238. The molecule has 1 rings (SSSR count). The molecule has 1 saturated heterocycles. The van der Waals surface area contributed by atoms with Crippen molar-refractivity contribution in [3.05, 3.63) is 0 Å². The van der Waals surface area contributed by atoms with E-state index in [0.717, 1.165) is 0 Å². The number of piperidine rings is 1. The number of amides is 2. The quantitative estimate of drug-likeness (QED) is 0.405. The molecule has 0 aliphatic carbocycles. The molecule has 2 atom stereocenters. The predicted octanol–water partition coefficient (Wildman–Crippen LogP) is -0.748. The second-order valence-corrected chi connectivity index (χ2v) is 3.19. The van der Waals surface area contributed by atoms with Crippen molar-refractivity contribution >= 4 is 12.2 Å². The third kappa shape index (κ3) is 3.48. The summed E-state index contributed by atoms with van der Waals surface area (Å²) in [4.78, 5) is 20.6. The van der Waals surface area contributed by atoms with Crippen molar-refractivity contribution in [2.75, 3.05) is 13.1 Å². The second kappa shape index (κ2) is 4.66. The lowest BCUT2D eigenvalue weighted by molar-refractivity contribution is 0.178. The van der Waals surface area contributed by atoms with Crippen LogP contribution in [0.3, 0.4) is 0 Å². The van der Waals surface area contributed by atoms with Crippen molar-refractivity contribution in [3.63, 3.8) is 0 Å². The van der Waals surface area contributed by atoms with Crippen molar-refractivity contribution in [1.29, 1.82) is 0 Å². The molecule has 7 nitrogen and oxygen atoms in total. The van der Waals surface area contributed by atoms with Gasteiger partial charge in [-0.1, -0.05) is 0 Å². The van der Waals surface area contributed by atoms with Gasteiger partial charge in [0.1, 0.15) is 0 Å². The maximum atomic E-state index is 10.3. The Labute approximate surface area is 80.5 Å². The monoisotopic (exact) mass is 203 g/mol. The van der Waals surface area contributed by atoms with Crippen LogP contribution in [0.15, 0.2) is 0 Å². The molecular formula is C7H13N3O4. The van der Waals surface area contributed by atoms with Crippen LogP contribution in [0.2, 0.25) is 0 Å². The molecule has 0 bridgehead atoms. The summed E-state index contributed by atoms with van der Waals surface area (Å²) in [5, 5.41) is 24.5. The standard InChI is InChI=1S/C7H13N3O4/c11-6(12)9-4-1-5(3-8-2-4)10-7(13)14/h4-5,8-10H,1-3H2,(H,11,12)(H,13,14). The number of rotatable bonds is 2. The SMILES string of the molecule is O=C(O)NC1CNCC(NC(=O)O)C1. The van der Waals surface area contributed by atoms with Gasteiger partial charge in [-0.15, -0.1) is 0 Å². The van der Waals surface area contributed by atoms with E-state index >= 15 is 0 Å². The van der Waals surface area contributed by atoms with E-state index in [1.54, 1.807) is 0 Å². The van der Waals surface area contributed by atoms with E-state index in [4.69, 9.17) is 10.2 Å². The molecule has 0 aromatic carbocycles. The Kier molecular flexibility index (Phi) is 3.52. The van der Waals surface area contributed by atoms with Crippen LogP contribution < -0.4 is 16.0 Å². The first-order valence-electron chi connectivity index (χ1n) is 4.27. The summed E-state index contributed by atoms with van der Waals surface area (Å²) in [6.45, 7) is 1.06. The van der Waals surface area contributed by atoms with E-state index in [-0.39, 0.29) is 12.1 Å². The van der Waals surface area contributed by atoms with E-state index in [1.165, 1.54) is 0 Å². The molecule has 0 aromatic heterocycles. The van der Waals surface area contributed by atoms with E-state index in [9.17, 15) is 9.59 Å². The van der Waals surface area contributed by atoms with E-state index in [1.807, 2.05) is 0 Å². The third-order valence-corrected chi connectivity index (χ3v) is 2.01. The molecule has 5 N–H and O–H groups in total. The molecule has 0 radical (unpaired) electrons. The van der Waals surface area contributed by atoms with Gasteiger partial charge in [0.15, 0.2) is 0 Å². The van der Waals surface area contributed by atoms with Crippen LogP contribution in [0.1, 0.15) is 6.42 Å². The highest BCUT2D eigenvalue weighted by molar-refractivity contribution is 5.65. The van der Waals surface area contributed by atoms with Gasteiger partial charge in [0.25, 0.3) is 0 Å². The van der Waals surface area contributed by atoms with Gasteiger partial charge in [-0.05, 0) is 6.42 Å². The molecule has 1 aliphatic rings. The zero-order valence-electron chi connectivity index (χ0n) is 7.49. The fourth-order valence-corrected chi connectivity index (χ4v) is 1.51. The normalized spacial score (nSPS) is 26.6. The molecule has 2 unspecified atom stereocenters. The van der Waals surface area contributed by atoms with Crippen LogP contribution in [0.4, 0.5) is 9.59 Å². The Morgan fingerprint density at radius 3 is 1.86 bits per heavy atom. The summed E-state index contributed by atoms with van der Waals surface area (Å²) in [6, 6.07) is -0.476. The highest BCUT2D eigenvalue weighted by Crippen LogP contribution is 2.02. The van der Waals surface area contributed by atoms with Crippen molar-refractivity contribution in [3.8, 4) is 0 Å². The molecule has 0 saturated carbocycles. The maximum Gasteiger partial charge on any atom is 0.404 e. The zero-order chi connectivity index (χ0) is 10.6. The highest BCUT2D eigenvalue weighted by Gasteiger charge is 2.23. The summed E-state index contributed by atoms with van der Waals surface area (Å²) in [6.07, 6.45) is -1.70. The van der Waals surface area contributed by atoms with Gasteiger partial charge in [-0.2, -0.15) is 0 Å². The number of carbonyl (C=O) groups is 2. The van der Waals surface area contributed by atoms with Gasteiger partial charge in [-0.25, -0.2) is 9.59 Å². The lowest BCUT2D eigenvalue weighted by atomic mass is 10.0. The number of hydrogen-bond donors (Lipinski definition) is 5. The van der Waals surface area contributed by atoms with Crippen LogP contribution in [0.25, 0.3) is 0 Å². The minimum Gasteiger partial charge on any atom is -0.465 e. The number of nitrogens with one attached hydrogen (secondary N) is 3. The lowest BCUT2D eigenvalue weighted by Crippen LogP contribution is -2.55. The smallest absolute Gasteiger partial charge is 0.404 e. The van der Waals surface area contributed by atoms with Gasteiger partial charge in [-0.3, -0.25) is 0 Å². The van der Waals surface area contributed by atoms with E-state index < -0.39 is 12.2 Å². The topological polar surface area (TPSA) is 111 Å². The average molecular weight is 203 g/mol. The van der Waals surface area contributed by atoms with Crippen molar-refractivity contribution in [2.24, 2.45) is 0 Å². The van der Waals surface area contributed by atoms with Gasteiger partial charge >= 0.3 is 12.2 Å². The molecule has 1 fully saturated rings. The summed E-state index contributed by atoms with van der Waals surface area (Å²) in [5.41, 5.74) is 0. The predicted molar refractivity (Wildman–Crippen MR) is 47.4 cm³/mol. The summed E-state index contributed by atoms with van der Waals surface area (Å²) < 4.78 is 0. The molecule has 1 aliphatic heterocycles. The van der Waals surface area contributed by atoms with Gasteiger partial charge in [0, 0.05) is 25.2 Å². The molecule has 80 valence electrons. The second-order valence-electron chi connectivity index (χ2n) is 3.19. The summed E-state index contributed by atoms with van der Waals surface area (Å²) >= 11 is 0. The largest absolute Gasteiger partial charge is 0.465 e. The van der Waals surface area contributed by atoms with Crippen LogP contribution in [0.5, 0.6) is 0 Å². The van der Waals surface area contributed by atoms with Crippen molar-refractivity contribution < 1.29 is 19.8 Å². The highest BCUT2D eigenvalue weighted by atomic mass is 16.4. The molecule has 0 aromatic rings. The van der Waals surface area contributed by atoms with Gasteiger partial charge < -0.3 is 26.2 Å². The number of carboxylic acid groups (broad SMARTS) is 2. The van der Waals surface area contributed by atoms with Crippen molar-refractivity contribution in [1.82, 2.24) is 16.0 Å². The Bertz CT molecular complexity index is 211. The van der Waals surface area contributed by atoms with Crippen LogP contribution >= 0.6 is 0 Å². The van der Waals surface area contributed by atoms with Gasteiger partial charge in [0.2, 0.25) is 0 Å². The van der Waals surface area contributed by atoms with Gasteiger partial charge in [0.05, 0.1) is 0 Å². The molecule has 2 amide bonds. The van der Waals surface area contributed by atoms with E-state index in [0.29, 0.717) is 19.5 Å². The third-order valence-electron chi connectivity index (χ3n) is 2.01. The minimum atomic E-state index is -1.09. The Morgan fingerprint density at radius 1 is 1.07 bits per heavy atom. The fraction of sp³-hybridized carbons (Fsp3) is 0.714. The summed E-state index contributed by atoms with van der Waals surface area (Å²) in [5.74, 6) is 0. The van der Waals surface area contributed by atoms with Crippen LogP contribution in [-0.4, -0.2) is 47.6 Å². The Hall–Kier alpha value is -1.50. The molecule has 0 spiro atoms. The van der Waals surface area contributed by atoms with Crippen molar-refractivity contribution in [2.45, 2.75) is 18.5 Å². The average Bonchev–Trinajstić information content (AvgIpc) is 2.01. The molecule has 7 heteroatoms. The first-order chi connectivity index (χ1) is 6.58. The Balaban J connectivity index is 2.35. The number of hydrogen-bond acceptors (Lipinski definition) is 3. The first-order valence-corrected chi connectivity index (χ1v) is 4.27. The first kappa shape index (κ1) is 10.6. The molecular weight excluding hydrogens is 190 g/mol. The maximum absolute atomic E-state index is 10.3.